The van der Waals surface area contributed by atoms with Gasteiger partial charge in [0.2, 0.25) is 5.91 Å². The van der Waals surface area contributed by atoms with Crippen LogP contribution >= 0.6 is 34.4 Å². The van der Waals surface area contributed by atoms with Crippen molar-refractivity contribution >= 4 is 50.6 Å². The van der Waals surface area contributed by atoms with Crippen LogP contribution in [-0.2, 0) is 11.3 Å². The molecule has 3 aromatic heterocycles. The molecule has 0 atom stereocenters. The lowest BCUT2D eigenvalue weighted by Crippen LogP contribution is -2.31. The van der Waals surface area contributed by atoms with Crippen molar-refractivity contribution in [3.8, 4) is 11.1 Å². The molecule has 0 radical (unpaired) electrons. The molecule has 2 N–H and O–H groups in total. The summed E-state index contributed by atoms with van der Waals surface area (Å²) in [5, 5.41) is 6.77. The van der Waals surface area contributed by atoms with Gasteiger partial charge in [0.1, 0.15) is 4.83 Å². The number of fused-ring (bicyclic) bond motifs is 1. The van der Waals surface area contributed by atoms with Gasteiger partial charge in [0.25, 0.3) is 5.56 Å². The number of carbonyl (C=O) groups excluding carboxylic acids is 1. The lowest BCUT2D eigenvalue weighted by Gasteiger charge is -2.16. The van der Waals surface area contributed by atoms with Crippen molar-refractivity contribution in [3.63, 3.8) is 0 Å². The smallest absolute Gasteiger partial charge is 0.282 e. The van der Waals surface area contributed by atoms with Crippen molar-refractivity contribution < 1.29 is 4.79 Å². The van der Waals surface area contributed by atoms with E-state index in [4.69, 9.17) is 5.84 Å². The average Bonchev–Trinajstić information content (AvgIpc) is 3.39. The van der Waals surface area contributed by atoms with E-state index in [2.05, 4.69) is 4.98 Å². The number of benzene rings is 1. The minimum absolute atomic E-state index is 0.0494. The molecule has 0 spiro atoms. The summed E-state index contributed by atoms with van der Waals surface area (Å²) in [4.78, 5) is 32.2. The second-order valence-corrected chi connectivity index (χ2v) is 9.02. The van der Waals surface area contributed by atoms with E-state index < -0.39 is 0 Å². The topological polar surface area (TPSA) is 81.2 Å². The number of amides is 1. The Balaban J connectivity index is 1.55. The van der Waals surface area contributed by atoms with Gasteiger partial charge in [-0.1, -0.05) is 42.1 Å². The summed E-state index contributed by atoms with van der Waals surface area (Å²) < 4.78 is 1.04. The Hall–Kier alpha value is -2.62. The maximum absolute atomic E-state index is 12.9. The van der Waals surface area contributed by atoms with Gasteiger partial charge in [0, 0.05) is 24.5 Å². The van der Waals surface area contributed by atoms with Gasteiger partial charge in [0.05, 0.1) is 11.1 Å². The van der Waals surface area contributed by atoms with Crippen LogP contribution in [-0.4, -0.2) is 33.3 Å². The van der Waals surface area contributed by atoms with Crippen LogP contribution in [0.4, 0.5) is 0 Å². The Morgan fingerprint density at radius 2 is 2.03 bits per heavy atom. The van der Waals surface area contributed by atoms with Crippen LogP contribution in [0.2, 0.25) is 0 Å². The maximum atomic E-state index is 12.9. The third-order valence-electron chi connectivity index (χ3n) is 4.44. The van der Waals surface area contributed by atoms with Gasteiger partial charge in [-0.3, -0.25) is 9.59 Å². The molecule has 29 heavy (non-hydrogen) atoms. The molecule has 0 aliphatic rings. The van der Waals surface area contributed by atoms with Crippen molar-refractivity contribution in [1.82, 2.24) is 14.6 Å². The third-order valence-corrected chi connectivity index (χ3v) is 6.98. The van der Waals surface area contributed by atoms with E-state index in [9.17, 15) is 9.59 Å². The van der Waals surface area contributed by atoms with Crippen molar-refractivity contribution in [3.05, 3.63) is 68.5 Å². The minimum atomic E-state index is -0.309. The highest BCUT2D eigenvalue weighted by Gasteiger charge is 2.18. The van der Waals surface area contributed by atoms with E-state index in [0.717, 1.165) is 21.4 Å². The number of carbonyl (C=O) groups is 1. The molecule has 0 unspecified atom stereocenters. The van der Waals surface area contributed by atoms with Gasteiger partial charge >= 0.3 is 0 Å². The predicted molar refractivity (Wildman–Crippen MR) is 121 cm³/mol. The normalized spacial score (nSPS) is 11.1. The quantitative estimate of drug-likeness (QED) is 0.280. The molecule has 0 saturated heterocycles. The van der Waals surface area contributed by atoms with Crippen LogP contribution < -0.4 is 11.4 Å². The Bertz CT molecular complexity index is 1200. The Kier molecular flexibility index (Phi) is 5.70. The van der Waals surface area contributed by atoms with Gasteiger partial charge in [-0.05, 0) is 28.0 Å². The maximum Gasteiger partial charge on any atom is 0.282 e. The SMILES string of the molecule is CN(Cc1ccsc1)C(=O)CSc1nc2scc(-c3ccccc3)c2c(=O)n1N. The van der Waals surface area contributed by atoms with Crippen molar-refractivity contribution in [2.75, 3.05) is 18.6 Å². The first-order valence-corrected chi connectivity index (χ1v) is 11.6. The molecule has 4 rings (SSSR count). The first-order chi connectivity index (χ1) is 14.0. The summed E-state index contributed by atoms with van der Waals surface area (Å²) in [5.74, 6) is 6.14. The summed E-state index contributed by atoms with van der Waals surface area (Å²) in [7, 11) is 1.76. The number of nitrogen functional groups attached to an aromatic ring is 1. The van der Waals surface area contributed by atoms with E-state index in [0.29, 0.717) is 21.9 Å². The zero-order valence-electron chi connectivity index (χ0n) is 15.6. The molecule has 0 aliphatic heterocycles. The fraction of sp³-hybridized carbons (Fsp3) is 0.150. The van der Waals surface area contributed by atoms with E-state index in [-0.39, 0.29) is 17.2 Å². The molecule has 9 heteroatoms. The molecule has 1 amide bonds. The van der Waals surface area contributed by atoms with Crippen LogP contribution in [0.1, 0.15) is 5.56 Å². The molecule has 0 aliphatic carbocycles. The van der Waals surface area contributed by atoms with Gasteiger partial charge in [-0.25, -0.2) is 9.66 Å². The number of nitrogens with two attached hydrogens (primary N) is 1. The van der Waals surface area contributed by atoms with Gasteiger partial charge in [-0.15, -0.1) is 11.3 Å². The largest absolute Gasteiger partial charge is 0.341 e. The van der Waals surface area contributed by atoms with Gasteiger partial charge in [0.15, 0.2) is 5.16 Å². The summed E-state index contributed by atoms with van der Waals surface area (Å²) in [6.45, 7) is 0.552. The lowest BCUT2D eigenvalue weighted by molar-refractivity contribution is -0.127. The third kappa shape index (κ3) is 4.07. The average molecular weight is 443 g/mol. The summed E-state index contributed by atoms with van der Waals surface area (Å²) in [6, 6.07) is 11.7. The zero-order chi connectivity index (χ0) is 20.4. The summed E-state index contributed by atoms with van der Waals surface area (Å²) in [6.07, 6.45) is 0. The van der Waals surface area contributed by atoms with E-state index in [1.807, 2.05) is 52.5 Å². The van der Waals surface area contributed by atoms with E-state index >= 15 is 0 Å². The predicted octanol–water partition coefficient (Wildman–Crippen LogP) is 3.65. The molecule has 0 bridgehead atoms. The highest BCUT2D eigenvalue weighted by molar-refractivity contribution is 7.99. The summed E-state index contributed by atoms with van der Waals surface area (Å²) >= 11 is 4.18. The van der Waals surface area contributed by atoms with Crippen LogP contribution in [0.5, 0.6) is 0 Å². The lowest BCUT2D eigenvalue weighted by atomic mass is 10.1. The zero-order valence-corrected chi connectivity index (χ0v) is 18.0. The van der Waals surface area contributed by atoms with Crippen molar-refractivity contribution in [2.45, 2.75) is 11.7 Å². The Morgan fingerprint density at radius 3 is 2.76 bits per heavy atom. The summed E-state index contributed by atoms with van der Waals surface area (Å²) in [5.41, 5.74) is 2.56. The highest BCUT2D eigenvalue weighted by Crippen LogP contribution is 2.31. The number of hydrogen-bond acceptors (Lipinski definition) is 7. The number of thioether (sulfide) groups is 1. The highest BCUT2D eigenvalue weighted by atomic mass is 32.2. The fourth-order valence-corrected chi connectivity index (χ4v) is 5.40. The number of nitrogens with zero attached hydrogens (tertiary/aromatic N) is 3. The molecule has 148 valence electrons. The van der Waals surface area contributed by atoms with Crippen LogP contribution in [0.25, 0.3) is 21.3 Å². The van der Waals surface area contributed by atoms with Crippen molar-refractivity contribution in [2.24, 2.45) is 0 Å². The van der Waals surface area contributed by atoms with E-state index in [1.54, 1.807) is 23.3 Å². The number of aromatic nitrogens is 2. The van der Waals surface area contributed by atoms with Gasteiger partial charge < -0.3 is 10.7 Å². The van der Waals surface area contributed by atoms with Crippen molar-refractivity contribution in [1.29, 1.82) is 0 Å². The first kappa shape index (κ1) is 19.7. The standard InChI is InChI=1S/C20H18N4O2S3/c1-23(9-13-7-8-27-10-13)16(25)12-29-20-22-18-17(19(26)24(20)21)15(11-28-18)14-5-3-2-4-6-14/h2-8,10-11H,9,12,21H2,1H3. The molecule has 1 aromatic carbocycles. The number of thiophene rings is 2. The number of rotatable bonds is 6. The second-order valence-electron chi connectivity index (χ2n) is 6.44. The first-order valence-electron chi connectivity index (χ1n) is 8.77. The van der Waals surface area contributed by atoms with Crippen LogP contribution in [0, 0.1) is 0 Å². The molecular weight excluding hydrogens is 424 g/mol. The molecular formula is C20H18N4O2S3. The minimum Gasteiger partial charge on any atom is -0.341 e. The van der Waals surface area contributed by atoms with Crippen LogP contribution in [0.15, 0.2) is 62.5 Å². The molecule has 3 heterocycles. The van der Waals surface area contributed by atoms with Crippen LogP contribution in [0.3, 0.4) is 0 Å². The molecule has 0 fully saturated rings. The molecule has 6 nitrogen and oxygen atoms in total. The van der Waals surface area contributed by atoms with Gasteiger partial charge in [-0.2, -0.15) is 11.3 Å². The number of hydrogen-bond donors (Lipinski definition) is 1. The fourth-order valence-electron chi connectivity index (χ4n) is 2.90. The Morgan fingerprint density at radius 1 is 1.24 bits per heavy atom. The second kappa shape index (κ2) is 8.40. The molecule has 0 saturated carbocycles. The monoisotopic (exact) mass is 442 g/mol. The molecule has 4 aromatic rings. The van der Waals surface area contributed by atoms with E-state index in [1.165, 1.54) is 23.1 Å². The Labute approximate surface area is 179 Å².